The van der Waals surface area contributed by atoms with Crippen molar-refractivity contribution in [2.45, 2.75) is 57.2 Å². The number of benzene rings is 2. The van der Waals surface area contributed by atoms with Crippen molar-refractivity contribution in [3.8, 4) is 5.75 Å². The summed E-state index contributed by atoms with van der Waals surface area (Å²) in [5.41, 5.74) is 4.73. The van der Waals surface area contributed by atoms with Crippen molar-refractivity contribution >= 4 is 5.91 Å². The molecule has 2 aromatic carbocycles. The molecule has 1 saturated heterocycles. The van der Waals surface area contributed by atoms with Crippen LogP contribution in [0.2, 0.25) is 0 Å². The number of hydrogen-bond acceptors (Lipinski definition) is 5. The van der Waals surface area contributed by atoms with Crippen LogP contribution in [0.4, 0.5) is 0 Å². The molecule has 33 heavy (non-hydrogen) atoms. The Morgan fingerprint density at radius 3 is 2.79 bits per heavy atom. The standard InChI is InChI=1S/C27H36N2O4/c1-31-14-3-13-28-18-20-5-6-23-17-24(10-7-22(23)16-20)29-27(30)21-8-11-25(12-9-21)33-19-26-4-2-15-32-26/h5-6,8-9,11-12,16,24,26,28H,2-4,7,10,13-15,17-19H2,1H3,(H,29,30)/t24-,26-/m0/s1. The third kappa shape index (κ3) is 7.03. The number of rotatable bonds is 11. The minimum absolute atomic E-state index is 0.0222. The van der Waals surface area contributed by atoms with Crippen LogP contribution in [-0.2, 0) is 28.9 Å². The first kappa shape index (κ1) is 23.7. The number of nitrogens with one attached hydrogen (secondary N) is 2. The predicted molar refractivity (Wildman–Crippen MR) is 129 cm³/mol. The van der Waals surface area contributed by atoms with Gasteiger partial charge in [-0.25, -0.2) is 0 Å². The summed E-state index contributed by atoms with van der Waals surface area (Å²) in [7, 11) is 1.73. The molecule has 178 valence electrons. The summed E-state index contributed by atoms with van der Waals surface area (Å²) in [4.78, 5) is 12.8. The third-order valence-electron chi connectivity index (χ3n) is 6.44. The van der Waals surface area contributed by atoms with Crippen LogP contribution in [0.15, 0.2) is 42.5 Å². The molecule has 4 rings (SSSR count). The van der Waals surface area contributed by atoms with Gasteiger partial charge in [-0.15, -0.1) is 0 Å². The van der Waals surface area contributed by atoms with E-state index in [-0.39, 0.29) is 18.1 Å². The molecule has 6 nitrogen and oxygen atoms in total. The van der Waals surface area contributed by atoms with Crippen molar-refractivity contribution in [2.24, 2.45) is 0 Å². The van der Waals surface area contributed by atoms with Crippen LogP contribution in [0.25, 0.3) is 0 Å². The number of carbonyl (C=O) groups excluding carboxylic acids is 1. The van der Waals surface area contributed by atoms with Crippen LogP contribution in [0.3, 0.4) is 0 Å². The van der Waals surface area contributed by atoms with Gasteiger partial charge in [0.05, 0.1) is 6.10 Å². The fraction of sp³-hybridized carbons (Fsp3) is 0.519. The molecule has 6 heteroatoms. The van der Waals surface area contributed by atoms with Crippen LogP contribution < -0.4 is 15.4 Å². The average molecular weight is 453 g/mol. The van der Waals surface area contributed by atoms with Gasteiger partial charge in [0.2, 0.25) is 0 Å². The lowest BCUT2D eigenvalue weighted by atomic mass is 9.87. The second kappa shape index (κ2) is 12.2. The first-order chi connectivity index (χ1) is 16.2. The molecule has 1 heterocycles. The quantitative estimate of drug-likeness (QED) is 0.510. The minimum atomic E-state index is -0.0222. The van der Waals surface area contributed by atoms with Crippen LogP contribution in [0, 0.1) is 0 Å². The van der Waals surface area contributed by atoms with Gasteiger partial charge >= 0.3 is 0 Å². The maximum atomic E-state index is 12.8. The van der Waals surface area contributed by atoms with E-state index in [1.165, 1.54) is 16.7 Å². The molecule has 1 amide bonds. The molecule has 0 spiro atoms. The van der Waals surface area contributed by atoms with E-state index in [2.05, 4.69) is 28.8 Å². The number of aryl methyl sites for hydroxylation is 1. The molecule has 0 unspecified atom stereocenters. The van der Waals surface area contributed by atoms with E-state index in [9.17, 15) is 4.79 Å². The predicted octanol–water partition coefficient (Wildman–Crippen LogP) is 3.66. The Kier molecular flexibility index (Phi) is 8.75. The Labute approximate surface area is 197 Å². The molecule has 1 aliphatic heterocycles. The second-order valence-corrected chi connectivity index (χ2v) is 9.01. The summed E-state index contributed by atoms with van der Waals surface area (Å²) in [6.45, 7) is 4.02. The topological polar surface area (TPSA) is 68.8 Å². The Morgan fingerprint density at radius 1 is 1.12 bits per heavy atom. The molecule has 0 saturated carbocycles. The number of amides is 1. The number of fused-ring (bicyclic) bond motifs is 1. The highest BCUT2D eigenvalue weighted by Gasteiger charge is 2.21. The Balaban J connectivity index is 1.23. The first-order valence-corrected chi connectivity index (χ1v) is 12.2. The van der Waals surface area contributed by atoms with Crippen LogP contribution in [0.5, 0.6) is 5.75 Å². The summed E-state index contributed by atoms with van der Waals surface area (Å²) in [5.74, 6) is 0.753. The van der Waals surface area contributed by atoms with E-state index in [0.29, 0.717) is 12.2 Å². The summed E-state index contributed by atoms with van der Waals surface area (Å²) < 4.78 is 16.5. The summed E-state index contributed by atoms with van der Waals surface area (Å²) in [6.07, 6.45) is 6.21. The van der Waals surface area contributed by atoms with Crippen molar-refractivity contribution in [2.75, 3.05) is 33.5 Å². The van der Waals surface area contributed by atoms with Gasteiger partial charge in [0.25, 0.3) is 5.91 Å². The van der Waals surface area contributed by atoms with Crippen molar-refractivity contribution in [3.63, 3.8) is 0 Å². The zero-order valence-electron chi connectivity index (χ0n) is 19.6. The molecule has 1 fully saturated rings. The Hall–Kier alpha value is -2.41. The van der Waals surface area contributed by atoms with Crippen molar-refractivity contribution in [1.29, 1.82) is 0 Å². The summed E-state index contributed by atoms with van der Waals surface area (Å²) in [5, 5.41) is 6.69. The monoisotopic (exact) mass is 452 g/mol. The lowest BCUT2D eigenvalue weighted by Crippen LogP contribution is -2.38. The maximum Gasteiger partial charge on any atom is 0.251 e. The van der Waals surface area contributed by atoms with Gasteiger partial charge in [-0.2, -0.15) is 0 Å². The fourth-order valence-corrected chi connectivity index (χ4v) is 4.55. The largest absolute Gasteiger partial charge is 0.491 e. The van der Waals surface area contributed by atoms with E-state index in [1.54, 1.807) is 7.11 Å². The van der Waals surface area contributed by atoms with Gasteiger partial charge in [0.15, 0.2) is 0 Å². The van der Waals surface area contributed by atoms with Gasteiger partial charge in [-0.3, -0.25) is 4.79 Å². The molecule has 2 aliphatic rings. The van der Waals surface area contributed by atoms with Crippen LogP contribution in [0.1, 0.15) is 52.7 Å². The molecule has 2 aromatic rings. The van der Waals surface area contributed by atoms with Gasteiger partial charge < -0.3 is 24.8 Å². The zero-order chi connectivity index (χ0) is 22.9. The third-order valence-corrected chi connectivity index (χ3v) is 6.44. The highest BCUT2D eigenvalue weighted by atomic mass is 16.5. The zero-order valence-corrected chi connectivity index (χ0v) is 19.6. The van der Waals surface area contributed by atoms with Crippen LogP contribution in [-0.4, -0.2) is 51.5 Å². The normalized spacial score (nSPS) is 19.8. The van der Waals surface area contributed by atoms with E-state index >= 15 is 0 Å². The molecule has 0 bridgehead atoms. The van der Waals surface area contributed by atoms with E-state index in [1.807, 2.05) is 24.3 Å². The summed E-state index contributed by atoms with van der Waals surface area (Å²) >= 11 is 0. The Bertz CT molecular complexity index is 893. The first-order valence-electron chi connectivity index (χ1n) is 12.2. The van der Waals surface area contributed by atoms with Crippen molar-refractivity contribution in [1.82, 2.24) is 10.6 Å². The highest BCUT2D eigenvalue weighted by molar-refractivity contribution is 5.94. The van der Waals surface area contributed by atoms with Crippen molar-refractivity contribution in [3.05, 3.63) is 64.7 Å². The molecule has 0 radical (unpaired) electrons. The van der Waals surface area contributed by atoms with Gasteiger partial charge in [0.1, 0.15) is 12.4 Å². The van der Waals surface area contributed by atoms with Gasteiger partial charge in [-0.05, 0) is 86.0 Å². The van der Waals surface area contributed by atoms with Crippen LogP contribution >= 0.6 is 0 Å². The molecule has 2 N–H and O–H groups in total. The number of hydrogen-bond donors (Lipinski definition) is 2. The fourth-order valence-electron chi connectivity index (χ4n) is 4.55. The second-order valence-electron chi connectivity index (χ2n) is 9.01. The smallest absolute Gasteiger partial charge is 0.251 e. The SMILES string of the molecule is COCCCNCc1ccc2c(c1)CC[C@H](NC(=O)c1ccc(OC[C@@H]3CCCO3)cc1)C2. The van der Waals surface area contributed by atoms with Gasteiger partial charge in [-0.1, -0.05) is 18.2 Å². The lowest BCUT2D eigenvalue weighted by molar-refractivity contribution is 0.0679. The number of carbonyl (C=O) groups is 1. The highest BCUT2D eigenvalue weighted by Crippen LogP contribution is 2.23. The summed E-state index contributed by atoms with van der Waals surface area (Å²) in [6, 6.07) is 14.3. The minimum Gasteiger partial charge on any atom is -0.491 e. The van der Waals surface area contributed by atoms with E-state index in [0.717, 1.165) is 70.6 Å². The number of methoxy groups -OCH3 is 1. The molecular formula is C27H36N2O4. The number of ether oxygens (including phenoxy) is 3. The van der Waals surface area contributed by atoms with Gasteiger partial charge in [0, 0.05) is 38.5 Å². The molecule has 1 aliphatic carbocycles. The average Bonchev–Trinajstić information content (AvgIpc) is 3.37. The molecule has 2 atom stereocenters. The van der Waals surface area contributed by atoms with E-state index in [4.69, 9.17) is 14.2 Å². The molecular weight excluding hydrogens is 416 g/mol. The van der Waals surface area contributed by atoms with E-state index < -0.39 is 0 Å². The van der Waals surface area contributed by atoms with Crippen molar-refractivity contribution < 1.29 is 19.0 Å². The molecule has 0 aromatic heterocycles. The maximum absolute atomic E-state index is 12.8. The lowest BCUT2D eigenvalue weighted by Gasteiger charge is -2.26. The Morgan fingerprint density at radius 2 is 2.00 bits per heavy atom.